The topological polar surface area (TPSA) is 34.5 Å². The number of rotatable bonds is 7. The van der Waals surface area contributed by atoms with Crippen molar-refractivity contribution in [2.75, 3.05) is 26.7 Å². The summed E-state index contributed by atoms with van der Waals surface area (Å²) in [7, 11) is 1.64. The molecular formula is C23H26Cl2N2O2S. The van der Waals surface area contributed by atoms with Crippen molar-refractivity contribution in [2.45, 2.75) is 26.8 Å². The van der Waals surface area contributed by atoms with Crippen molar-refractivity contribution in [1.29, 1.82) is 0 Å². The first-order valence-electron chi connectivity index (χ1n) is 10.0. The van der Waals surface area contributed by atoms with E-state index in [4.69, 9.17) is 16.3 Å². The predicted molar refractivity (Wildman–Crippen MR) is 132 cm³/mol. The van der Waals surface area contributed by atoms with Crippen LogP contribution in [-0.4, -0.2) is 36.2 Å². The highest BCUT2D eigenvalue weighted by Crippen LogP contribution is 2.36. The van der Waals surface area contributed by atoms with Gasteiger partial charge in [-0.15, -0.1) is 23.7 Å². The van der Waals surface area contributed by atoms with Gasteiger partial charge in [-0.25, -0.2) is 0 Å². The zero-order chi connectivity index (χ0) is 20.5. The smallest absolute Gasteiger partial charge is 0.212 e. The third kappa shape index (κ3) is 4.04. The van der Waals surface area contributed by atoms with E-state index in [9.17, 15) is 4.79 Å². The van der Waals surface area contributed by atoms with Gasteiger partial charge in [0.1, 0.15) is 11.3 Å². The van der Waals surface area contributed by atoms with Gasteiger partial charge in [0.05, 0.1) is 17.3 Å². The molecule has 4 rings (SSSR count). The molecule has 0 aliphatic heterocycles. The Bertz CT molecular complexity index is 1250. The molecule has 30 heavy (non-hydrogen) atoms. The summed E-state index contributed by atoms with van der Waals surface area (Å²) >= 11 is 7.94. The van der Waals surface area contributed by atoms with Crippen LogP contribution >= 0.6 is 35.3 Å². The van der Waals surface area contributed by atoms with Gasteiger partial charge >= 0.3 is 0 Å². The molecule has 0 bridgehead atoms. The Hall–Kier alpha value is -1.79. The van der Waals surface area contributed by atoms with E-state index in [2.05, 4.69) is 23.3 Å². The van der Waals surface area contributed by atoms with E-state index < -0.39 is 0 Å². The van der Waals surface area contributed by atoms with Gasteiger partial charge in [-0.1, -0.05) is 25.4 Å². The van der Waals surface area contributed by atoms with E-state index >= 15 is 0 Å². The van der Waals surface area contributed by atoms with Crippen LogP contribution in [0.3, 0.4) is 0 Å². The SMILES string of the molecule is CCN(CC)CCCn1c2ccc(Cl)cc2c2sc3cc(OC)ccc3c(=O)c21.Cl. The van der Waals surface area contributed by atoms with Crippen molar-refractivity contribution in [3.8, 4) is 5.75 Å². The fraction of sp³-hybridized carbons (Fsp3) is 0.348. The Morgan fingerprint density at radius 1 is 1.10 bits per heavy atom. The number of halogens is 2. The maximum atomic E-state index is 13.5. The number of fused-ring (bicyclic) bond motifs is 4. The average Bonchev–Trinajstić information content (AvgIpc) is 3.04. The monoisotopic (exact) mass is 464 g/mol. The minimum absolute atomic E-state index is 0. The highest BCUT2D eigenvalue weighted by atomic mass is 35.5. The Morgan fingerprint density at radius 3 is 2.57 bits per heavy atom. The lowest BCUT2D eigenvalue weighted by molar-refractivity contribution is 0.294. The molecule has 4 nitrogen and oxygen atoms in total. The van der Waals surface area contributed by atoms with Gasteiger partial charge in [0.15, 0.2) is 0 Å². The van der Waals surface area contributed by atoms with Crippen molar-refractivity contribution >= 4 is 66.6 Å². The molecule has 2 aromatic heterocycles. The molecule has 0 N–H and O–H groups in total. The molecule has 7 heteroatoms. The van der Waals surface area contributed by atoms with E-state index in [0.717, 1.165) is 69.6 Å². The number of nitrogens with zero attached hydrogens (tertiary/aromatic N) is 2. The second-order valence-corrected chi connectivity index (χ2v) is 8.65. The molecule has 0 aliphatic carbocycles. The zero-order valence-electron chi connectivity index (χ0n) is 17.4. The summed E-state index contributed by atoms with van der Waals surface area (Å²) in [6.07, 6.45) is 0.994. The number of aromatic nitrogens is 1. The number of benzene rings is 2. The fourth-order valence-corrected chi connectivity index (χ4v) is 5.40. The molecule has 0 fully saturated rings. The van der Waals surface area contributed by atoms with Crippen LogP contribution in [0.15, 0.2) is 41.2 Å². The first-order chi connectivity index (χ1) is 14.1. The van der Waals surface area contributed by atoms with E-state index in [1.807, 2.05) is 36.4 Å². The lowest BCUT2D eigenvalue weighted by Crippen LogP contribution is -2.25. The molecule has 2 aromatic carbocycles. The summed E-state index contributed by atoms with van der Waals surface area (Å²) in [5.74, 6) is 0.758. The first-order valence-corrected chi connectivity index (χ1v) is 11.2. The van der Waals surface area contributed by atoms with Gasteiger partial charge in [-0.3, -0.25) is 4.79 Å². The Labute approximate surface area is 191 Å². The fourth-order valence-electron chi connectivity index (χ4n) is 3.99. The van der Waals surface area contributed by atoms with Gasteiger partial charge < -0.3 is 14.2 Å². The molecule has 0 saturated heterocycles. The normalized spacial score (nSPS) is 11.5. The number of hydrogen-bond donors (Lipinski definition) is 0. The van der Waals surface area contributed by atoms with Crippen LogP contribution in [0.25, 0.3) is 31.2 Å². The molecule has 0 aliphatic rings. The highest BCUT2D eigenvalue weighted by Gasteiger charge is 2.17. The van der Waals surface area contributed by atoms with Crippen molar-refractivity contribution in [1.82, 2.24) is 9.47 Å². The van der Waals surface area contributed by atoms with Crippen LogP contribution in [0.5, 0.6) is 5.75 Å². The number of aryl methyl sites for hydroxylation is 1. The third-order valence-corrected chi connectivity index (χ3v) is 7.00. The summed E-state index contributed by atoms with van der Waals surface area (Å²) in [6.45, 7) is 8.28. The molecule has 0 saturated carbocycles. The summed E-state index contributed by atoms with van der Waals surface area (Å²) in [5.41, 5.74) is 1.93. The molecule has 0 spiro atoms. The summed E-state index contributed by atoms with van der Waals surface area (Å²) in [6, 6.07) is 11.6. The Morgan fingerprint density at radius 2 is 1.87 bits per heavy atom. The Balaban J connectivity index is 0.00000256. The molecular weight excluding hydrogens is 439 g/mol. The van der Waals surface area contributed by atoms with Crippen LogP contribution in [0.2, 0.25) is 5.02 Å². The molecule has 4 aromatic rings. The van der Waals surface area contributed by atoms with Gasteiger partial charge in [-0.05, 0) is 62.5 Å². The molecule has 0 radical (unpaired) electrons. The highest BCUT2D eigenvalue weighted by molar-refractivity contribution is 7.25. The molecule has 0 amide bonds. The van der Waals surface area contributed by atoms with Crippen LogP contribution < -0.4 is 10.2 Å². The summed E-state index contributed by atoms with van der Waals surface area (Å²) in [5, 5.41) is 2.47. The zero-order valence-corrected chi connectivity index (χ0v) is 19.8. The van der Waals surface area contributed by atoms with Crippen LogP contribution in [0.1, 0.15) is 20.3 Å². The molecule has 2 heterocycles. The Kier molecular flexibility index (Phi) is 7.30. The minimum Gasteiger partial charge on any atom is -0.497 e. The minimum atomic E-state index is 0. The van der Waals surface area contributed by atoms with Crippen molar-refractivity contribution in [2.24, 2.45) is 0 Å². The lowest BCUT2D eigenvalue weighted by atomic mass is 10.2. The van der Waals surface area contributed by atoms with Gasteiger partial charge in [0, 0.05) is 27.0 Å². The maximum Gasteiger partial charge on any atom is 0.212 e. The van der Waals surface area contributed by atoms with E-state index in [1.165, 1.54) is 0 Å². The molecule has 160 valence electrons. The van der Waals surface area contributed by atoms with Crippen molar-refractivity contribution in [3.63, 3.8) is 0 Å². The van der Waals surface area contributed by atoms with Gasteiger partial charge in [-0.2, -0.15) is 0 Å². The molecule has 0 unspecified atom stereocenters. The summed E-state index contributed by atoms with van der Waals surface area (Å²) < 4.78 is 9.47. The largest absolute Gasteiger partial charge is 0.497 e. The number of methoxy groups -OCH3 is 1. The van der Waals surface area contributed by atoms with Crippen LogP contribution in [-0.2, 0) is 6.54 Å². The number of ether oxygens (including phenoxy) is 1. The van der Waals surface area contributed by atoms with Crippen molar-refractivity contribution < 1.29 is 4.74 Å². The second-order valence-electron chi connectivity index (χ2n) is 7.16. The lowest BCUT2D eigenvalue weighted by Gasteiger charge is -2.18. The third-order valence-electron chi connectivity index (χ3n) is 5.59. The average molecular weight is 465 g/mol. The van der Waals surface area contributed by atoms with Gasteiger partial charge in [0.25, 0.3) is 0 Å². The second kappa shape index (κ2) is 9.56. The molecule has 0 atom stereocenters. The van der Waals surface area contributed by atoms with E-state index in [0.29, 0.717) is 5.02 Å². The predicted octanol–water partition coefficient (Wildman–Crippen LogP) is 6.19. The number of hydrogen-bond acceptors (Lipinski definition) is 4. The van der Waals surface area contributed by atoms with E-state index in [-0.39, 0.29) is 17.8 Å². The summed E-state index contributed by atoms with van der Waals surface area (Å²) in [4.78, 5) is 15.9. The maximum absolute atomic E-state index is 13.5. The quantitative estimate of drug-likeness (QED) is 0.327. The van der Waals surface area contributed by atoms with Crippen molar-refractivity contribution in [3.05, 3.63) is 51.6 Å². The van der Waals surface area contributed by atoms with Gasteiger partial charge in [0.2, 0.25) is 5.43 Å². The van der Waals surface area contributed by atoms with E-state index in [1.54, 1.807) is 18.4 Å². The standard InChI is InChI=1S/C23H25ClN2O2S.ClH/c1-4-25(5-2)11-6-12-26-19-10-7-15(24)13-18(19)23-21(26)22(27)17-9-8-16(28-3)14-20(17)29-23;/h7-10,13-14H,4-6,11-12H2,1-3H3;1H. The van der Waals surface area contributed by atoms with Crippen LogP contribution in [0, 0.1) is 0 Å². The van der Waals surface area contributed by atoms with Crippen LogP contribution in [0.4, 0.5) is 0 Å². The first kappa shape index (κ1) is 22.9.